The molecule has 4 nitrogen and oxygen atoms in total. The van der Waals surface area contributed by atoms with Gasteiger partial charge in [0.15, 0.2) is 0 Å². The number of pyridine rings is 2. The van der Waals surface area contributed by atoms with Crippen molar-refractivity contribution in [2.45, 2.75) is 0 Å². The average Bonchev–Trinajstić information content (AvgIpc) is 3.23. The molecule has 10 rings (SSSR count). The van der Waals surface area contributed by atoms with Gasteiger partial charge >= 0.3 is 0 Å². The maximum Gasteiger partial charge on any atom is 0.0973 e. The Labute approximate surface area is 300 Å². The molecule has 0 unspecified atom stereocenters. The Morgan fingerprint density at radius 1 is 0.288 bits per heavy atom. The third-order valence-electron chi connectivity index (χ3n) is 9.82. The molecule has 4 heteroatoms. The molecule has 0 N–H and O–H groups in total. The van der Waals surface area contributed by atoms with Crippen molar-refractivity contribution in [2.24, 2.45) is 0 Å². The van der Waals surface area contributed by atoms with Gasteiger partial charge in [-0.05, 0) is 58.3 Å². The predicted octanol–water partition coefficient (Wildman–Crippen LogP) is 12.2. The van der Waals surface area contributed by atoms with E-state index in [-0.39, 0.29) is 0 Å². The second-order valence-electron chi connectivity index (χ2n) is 13.1. The van der Waals surface area contributed by atoms with Crippen LogP contribution < -0.4 is 0 Å². The van der Waals surface area contributed by atoms with E-state index in [9.17, 15) is 0 Å². The molecule has 52 heavy (non-hydrogen) atoms. The van der Waals surface area contributed by atoms with Gasteiger partial charge in [-0.3, -0.25) is 0 Å². The van der Waals surface area contributed by atoms with Gasteiger partial charge in [0.25, 0.3) is 0 Å². The highest BCUT2D eigenvalue weighted by Gasteiger charge is 2.16. The predicted molar refractivity (Wildman–Crippen MR) is 215 cm³/mol. The highest BCUT2D eigenvalue weighted by molar-refractivity contribution is 6.05. The maximum absolute atomic E-state index is 5.30. The van der Waals surface area contributed by atoms with E-state index in [1.54, 1.807) is 0 Å². The second-order valence-corrected chi connectivity index (χ2v) is 13.1. The molecule has 0 fully saturated rings. The van der Waals surface area contributed by atoms with Gasteiger partial charge in [0.1, 0.15) is 0 Å². The first-order chi connectivity index (χ1) is 25.7. The Hall–Kier alpha value is -7.04. The molecule has 0 aliphatic carbocycles. The number of fused-ring (bicyclic) bond motifs is 5. The van der Waals surface area contributed by atoms with Crippen LogP contribution in [0.3, 0.4) is 0 Å². The summed E-state index contributed by atoms with van der Waals surface area (Å²) < 4.78 is 0. The third kappa shape index (κ3) is 5.26. The van der Waals surface area contributed by atoms with Crippen LogP contribution in [-0.2, 0) is 0 Å². The van der Waals surface area contributed by atoms with E-state index in [0.29, 0.717) is 0 Å². The van der Waals surface area contributed by atoms with Crippen LogP contribution in [0.4, 0.5) is 0 Å². The van der Waals surface area contributed by atoms with Crippen molar-refractivity contribution >= 4 is 43.6 Å². The quantitative estimate of drug-likeness (QED) is 0.172. The molecule has 0 saturated heterocycles. The summed E-state index contributed by atoms with van der Waals surface area (Å²) in [6.07, 6.45) is 0. The fourth-order valence-electron chi connectivity index (χ4n) is 7.21. The summed E-state index contributed by atoms with van der Waals surface area (Å²) in [7, 11) is 0. The summed E-state index contributed by atoms with van der Waals surface area (Å²) in [4.78, 5) is 20.9. The molecule has 7 aromatic carbocycles. The molecule has 0 radical (unpaired) electrons. The standard InChI is InChI=1S/C48H30N4/c1-4-12-31(13-5-1)41-25-22-34-20-21-35-23-26-42(50-48(35)47(34)49-41)38-28-36-18-10-11-19-39(36)40(29-38)37-24-27-43-44(30-37)52-46(33-16-8-3-9-17-33)45(51-43)32-14-6-2-7-15-32/h1-30H. The van der Waals surface area contributed by atoms with Crippen molar-refractivity contribution in [2.75, 3.05) is 0 Å². The van der Waals surface area contributed by atoms with Crippen LogP contribution in [0.5, 0.6) is 0 Å². The molecule has 0 saturated carbocycles. The molecule has 3 heterocycles. The molecule has 3 aromatic heterocycles. The Bertz CT molecular complexity index is 2940. The molecule has 0 atom stereocenters. The highest BCUT2D eigenvalue weighted by atomic mass is 14.8. The zero-order valence-electron chi connectivity index (χ0n) is 28.1. The summed E-state index contributed by atoms with van der Waals surface area (Å²) in [5.74, 6) is 0. The number of benzene rings is 7. The van der Waals surface area contributed by atoms with E-state index >= 15 is 0 Å². The average molecular weight is 663 g/mol. The first kappa shape index (κ1) is 29.8. The Morgan fingerprint density at radius 3 is 1.44 bits per heavy atom. The van der Waals surface area contributed by atoms with Crippen molar-refractivity contribution in [1.29, 1.82) is 0 Å². The number of hydrogen-bond donors (Lipinski definition) is 0. The molecule has 0 bridgehead atoms. The second kappa shape index (κ2) is 12.4. The van der Waals surface area contributed by atoms with Crippen molar-refractivity contribution in [3.05, 3.63) is 182 Å². The summed E-state index contributed by atoms with van der Waals surface area (Å²) in [5, 5.41) is 4.45. The lowest BCUT2D eigenvalue weighted by molar-refractivity contribution is 1.29. The number of hydrogen-bond acceptors (Lipinski definition) is 4. The van der Waals surface area contributed by atoms with Crippen LogP contribution in [0, 0.1) is 0 Å². The Kier molecular flexibility index (Phi) is 7.10. The summed E-state index contributed by atoms with van der Waals surface area (Å²) in [6, 6.07) is 63.2. The van der Waals surface area contributed by atoms with Crippen LogP contribution in [0.25, 0.3) is 99.8 Å². The van der Waals surface area contributed by atoms with E-state index < -0.39 is 0 Å². The first-order valence-corrected chi connectivity index (χ1v) is 17.5. The van der Waals surface area contributed by atoms with Crippen LogP contribution in [-0.4, -0.2) is 19.9 Å². The zero-order valence-corrected chi connectivity index (χ0v) is 28.1. The van der Waals surface area contributed by atoms with Gasteiger partial charge in [0.2, 0.25) is 0 Å². The fourth-order valence-corrected chi connectivity index (χ4v) is 7.21. The summed E-state index contributed by atoms with van der Waals surface area (Å²) in [5.41, 5.74) is 13.5. The van der Waals surface area contributed by atoms with Gasteiger partial charge in [0, 0.05) is 33.0 Å². The third-order valence-corrected chi connectivity index (χ3v) is 9.82. The van der Waals surface area contributed by atoms with E-state index in [4.69, 9.17) is 19.9 Å². The van der Waals surface area contributed by atoms with Crippen LogP contribution in [0.15, 0.2) is 182 Å². The van der Waals surface area contributed by atoms with E-state index in [2.05, 4.69) is 127 Å². The molecule has 0 aliphatic rings. The first-order valence-electron chi connectivity index (χ1n) is 17.5. The molecule has 0 spiro atoms. The van der Waals surface area contributed by atoms with Gasteiger partial charge in [-0.25, -0.2) is 19.9 Å². The zero-order chi connectivity index (χ0) is 34.4. The fraction of sp³-hybridized carbons (Fsp3) is 0. The molecular formula is C48H30N4. The topological polar surface area (TPSA) is 51.6 Å². The van der Waals surface area contributed by atoms with Crippen molar-refractivity contribution < 1.29 is 0 Å². The largest absolute Gasteiger partial charge is 0.245 e. The van der Waals surface area contributed by atoms with E-state index in [1.807, 2.05) is 54.6 Å². The summed E-state index contributed by atoms with van der Waals surface area (Å²) in [6.45, 7) is 0. The Morgan fingerprint density at radius 2 is 0.808 bits per heavy atom. The minimum atomic E-state index is 0.848. The van der Waals surface area contributed by atoms with E-state index in [1.165, 1.54) is 5.39 Å². The maximum atomic E-state index is 5.30. The smallest absolute Gasteiger partial charge is 0.0973 e. The minimum absolute atomic E-state index is 0.848. The Balaban J connectivity index is 1.14. The molecule has 242 valence electrons. The molecule has 0 aliphatic heterocycles. The van der Waals surface area contributed by atoms with Crippen molar-refractivity contribution in [3.8, 4) is 56.2 Å². The van der Waals surface area contributed by atoms with Crippen LogP contribution in [0.2, 0.25) is 0 Å². The van der Waals surface area contributed by atoms with Crippen LogP contribution in [0.1, 0.15) is 0 Å². The van der Waals surface area contributed by atoms with Gasteiger partial charge in [0.05, 0.1) is 44.8 Å². The van der Waals surface area contributed by atoms with Gasteiger partial charge in [-0.1, -0.05) is 146 Å². The number of aromatic nitrogens is 4. The minimum Gasteiger partial charge on any atom is -0.245 e. The normalized spacial score (nSPS) is 11.5. The van der Waals surface area contributed by atoms with Crippen LogP contribution >= 0.6 is 0 Å². The van der Waals surface area contributed by atoms with Crippen molar-refractivity contribution in [3.63, 3.8) is 0 Å². The SMILES string of the molecule is c1ccc(-c2ccc3ccc4ccc(-c5cc(-c6ccc7nc(-c8ccccc8)c(-c8ccccc8)nc7c6)c6ccccc6c5)nc4c3n2)cc1. The van der Waals surface area contributed by atoms with Gasteiger partial charge < -0.3 is 0 Å². The lowest BCUT2D eigenvalue weighted by Gasteiger charge is -2.14. The van der Waals surface area contributed by atoms with E-state index in [0.717, 1.165) is 94.4 Å². The van der Waals surface area contributed by atoms with Crippen molar-refractivity contribution in [1.82, 2.24) is 19.9 Å². The number of nitrogens with zero attached hydrogens (tertiary/aromatic N) is 4. The molecule has 10 aromatic rings. The van der Waals surface area contributed by atoms with Gasteiger partial charge in [-0.2, -0.15) is 0 Å². The summed E-state index contributed by atoms with van der Waals surface area (Å²) >= 11 is 0. The molecule has 0 amide bonds. The highest BCUT2D eigenvalue weighted by Crippen LogP contribution is 2.37. The number of rotatable bonds is 5. The lowest BCUT2D eigenvalue weighted by atomic mass is 9.94. The molecular weight excluding hydrogens is 633 g/mol. The monoisotopic (exact) mass is 662 g/mol. The van der Waals surface area contributed by atoms with Gasteiger partial charge in [-0.15, -0.1) is 0 Å². The lowest BCUT2D eigenvalue weighted by Crippen LogP contribution is -1.96.